The number of nitrogens with zero attached hydrogens (tertiary/aromatic N) is 3. The first-order valence-corrected chi connectivity index (χ1v) is 12.9. The van der Waals surface area contributed by atoms with Gasteiger partial charge in [-0.2, -0.15) is 3.97 Å². The van der Waals surface area contributed by atoms with Gasteiger partial charge in [0.15, 0.2) is 0 Å². The Morgan fingerprint density at radius 1 is 1.00 bits per heavy atom. The van der Waals surface area contributed by atoms with Gasteiger partial charge in [0.05, 0.1) is 17.3 Å². The highest BCUT2D eigenvalue weighted by Gasteiger charge is 2.50. The second-order valence-electron chi connectivity index (χ2n) is 9.51. The summed E-state index contributed by atoms with van der Waals surface area (Å²) in [4.78, 5) is 15.6. The zero-order chi connectivity index (χ0) is 20.2. The van der Waals surface area contributed by atoms with E-state index >= 15 is 0 Å². The highest BCUT2D eigenvalue weighted by atomic mass is 32.2. The molecule has 2 aliphatic carbocycles. The third-order valence-electron chi connectivity index (χ3n) is 7.71. The van der Waals surface area contributed by atoms with E-state index in [0.717, 1.165) is 47.6 Å². The molecule has 1 aromatic carbocycles. The molecule has 1 unspecified atom stereocenters. The van der Waals surface area contributed by atoms with Gasteiger partial charge in [-0.25, -0.2) is 13.2 Å². The van der Waals surface area contributed by atoms with Crippen LogP contribution in [0, 0.1) is 11.3 Å². The highest BCUT2D eigenvalue weighted by molar-refractivity contribution is 7.89. The van der Waals surface area contributed by atoms with Crippen LogP contribution in [0.3, 0.4) is 0 Å². The molecule has 3 aliphatic rings. The van der Waals surface area contributed by atoms with E-state index in [9.17, 15) is 13.2 Å². The topological polar surface area (TPSA) is 64.3 Å². The number of benzene rings is 1. The maximum atomic E-state index is 13.1. The van der Waals surface area contributed by atoms with Crippen LogP contribution in [0.4, 0.5) is 0 Å². The molecule has 0 bridgehead atoms. The second-order valence-corrected chi connectivity index (χ2v) is 11.3. The minimum absolute atomic E-state index is 0.0629. The molecular weight excluding hydrogens is 386 g/mol. The summed E-state index contributed by atoms with van der Waals surface area (Å²) in [6, 6.07) is 7.31. The van der Waals surface area contributed by atoms with Crippen LogP contribution in [0.15, 0.2) is 29.1 Å². The van der Waals surface area contributed by atoms with E-state index in [1.807, 2.05) is 12.1 Å². The first-order valence-electron chi connectivity index (χ1n) is 11.0. The molecule has 0 amide bonds. The highest BCUT2D eigenvalue weighted by Crippen LogP contribution is 2.59. The molecule has 2 aromatic rings. The maximum absolute atomic E-state index is 13.1. The monoisotopic (exact) mass is 417 g/mol. The van der Waals surface area contributed by atoms with Crippen LogP contribution in [-0.2, 0) is 10.0 Å². The van der Waals surface area contributed by atoms with Gasteiger partial charge in [0.25, 0.3) is 0 Å². The quantitative estimate of drug-likeness (QED) is 0.766. The fourth-order valence-corrected chi connectivity index (χ4v) is 6.85. The lowest BCUT2D eigenvalue weighted by Gasteiger charge is -2.39. The zero-order valence-electron chi connectivity index (χ0n) is 17.2. The van der Waals surface area contributed by atoms with Gasteiger partial charge in [-0.15, -0.1) is 0 Å². The van der Waals surface area contributed by atoms with Crippen molar-refractivity contribution in [2.24, 2.45) is 11.3 Å². The Bertz CT molecular complexity index is 1070. The number of hydrogen-bond acceptors (Lipinski definition) is 4. The van der Waals surface area contributed by atoms with Crippen molar-refractivity contribution in [3.8, 4) is 0 Å². The lowest BCUT2D eigenvalue weighted by Crippen LogP contribution is -2.42. The van der Waals surface area contributed by atoms with Gasteiger partial charge in [-0.1, -0.05) is 25.0 Å². The first-order chi connectivity index (χ1) is 13.9. The van der Waals surface area contributed by atoms with Gasteiger partial charge in [0.1, 0.15) is 0 Å². The second kappa shape index (κ2) is 6.98. The van der Waals surface area contributed by atoms with Crippen LogP contribution in [0.25, 0.3) is 11.0 Å². The summed E-state index contributed by atoms with van der Waals surface area (Å²) in [6.07, 6.45) is 11.3. The van der Waals surface area contributed by atoms with Gasteiger partial charge in [-0.05, 0) is 62.0 Å². The van der Waals surface area contributed by atoms with E-state index in [1.54, 1.807) is 16.7 Å². The minimum Gasteiger partial charge on any atom is -0.303 e. The van der Waals surface area contributed by atoms with E-state index in [-0.39, 0.29) is 6.04 Å². The molecule has 2 saturated carbocycles. The van der Waals surface area contributed by atoms with Gasteiger partial charge in [0, 0.05) is 25.7 Å². The smallest absolute Gasteiger partial charge is 0.303 e. The van der Waals surface area contributed by atoms with Crippen molar-refractivity contribution in [1.82, 2.24) is 13.4 Å². The standard InChI is InChI=1S/C22H31N3O3S/c1-29(27,28)25-20-8-3-2-7-19(20)24(21(25)26)18-9-14-23(15-10-18)16-17-6-4-5-11-22(17)12-13-22/h2-3,7-8,17-18H,4-6,9-16H2,1H3. The van der Waals surface area contributed by atoms with Crippen molar-refractivity contribution in [3.63, 3.8) is 0 Å². The van der Waals surface area contributed by atoms with E-state index in [1.165, 1.54) is 45.1 Å². The molecule has 0 radical (unpaired) electrons. The van der Waals surface area contributed by atoms with Gasteiger partial charge >= 0.3 is 5.69 Å². The average molecular weight is 418 g/mol. The molecule has 1 saturated heterocycles. The molecule has 0 N–H and O–H groups in total. The summed E-state index contributed by atoms with van der Waals surface area (Å²) in [6.45, 7) is 3.18. The fraction of sp³-hybridized carbons (Fsp3) is 0.682. The number of fused-ring (bicyclic) bond motifs is 1. The third-order valence-corrected chi connectivity index (χ3v) is 8.72. The number of hydrogen-bond donors (Lipinski definition) is 0. The number of para-hydroxylation sites is 2. The van der Waals surface area contributed by atoms with Crippen molar-refractivity contribution in [3.05, 3.63) is 34.7 Å². The van der Waals surface area contributed by atoms with Crippen LogP contribution in [0.5, 0.6) is 0 Å². The Kier molecular flexibility index (Phi) is 4.66. The summed E-state index contributed by atoms with van der Waals surface area (Å²) in [5, 5.41) is 0. The first kappa shape index (κ1) is 19.4. The van der Waals surface area contributed by atoms with Gasteiger partial charge in [0.2, 0.25) is 10.0 Å². The summed E-state index contributed by atoms with van der Waals surface area (Å²) < 4.78 is 27.2. The molecule has 1 spiro atoms. The summed E-state index contributed by atoms with van der Waals surface area (Å²) in [5.41, 5.74) is 1.46. The van der Waals surface area contributed by atoms with E-state index in [0.29, 0.717) is 10.9 Å². The van der Waals surface area contributed by atoms with Crippen molar-refractivity contribution in [2.75, 3.05) is 25.9 Å². The molecule has 5 rings (SSSR count). The molecule has 1 atom stereocenters. The summed E-state index contributed by atoms with van der Waals surface area (Å²) in [7, 11) is -3.64. The molecule has 3 fully saturated rings. The third kappa shape index (κ3) is 3.36. The van der Waals surface area contributed by atoms with Crippen molar-refractivity contribution < 1.29 is 8.42 Å². The van der Waals surface area contributed by atoms with E-state index in [2.05, 4.69) is 4.90 Å². The van der Waals surface area contributed by atoms with Gasteiger partial charge < -0.3 is 4.90 Å². The number of aromatic nitrogens is 2. The Morgan fingerprint density at radius 3 is 2.34 bits per heavy atom. The molecule has 1 aromatic heterocycles. The summed E-state index contributed by atoms with van der Waals surface area (Å²) >= 11 is 0. The van der Waals surface area contributed by atoms with E-state index < -0.39 is 15.7 Å². The van der Waals surface area contributed by atoms with Crippen molar-refractivity contribution >= 4 is 21.1 Å². The van der Waals surface area contributed by atoms with Crippen molar-refractivity contribution in [2.45, 2.75) is 57.4 Å². The number of likely N-dealkylation sites (tertiary alicyclic amines) is 1. The molecule has 2 heterocycles. The Labute approximate surface area is 172 Å². The molecule has 6 nitrogen and oxygen atoms in total. The Morgan fingerprint density at radius 2 is 1.69 bits per heavy atom. The Balaban J connectivity index is 1.36. The van der Waals surface area contributed by atoms with E-state index in [4.69, 9.17) is 0 Å². The lowest BCUT2D eigenvalue weighted by molar-refractivity contribution is 0.108. The minimum atomic E-state index is -3.64. The molecule has 29 heavy (non-hydrogen) atoms. The number of rotatable bonds is 4. The molecular formula is C22H31N3O3S. The SMILES string of the molecule is CS(=O)(=O)n1c(=O)n(C2CCN(CC3CCCCC34CC4)CC2)c2ccccc21. The average Bonchev–Trinajstić information content (AvgIpc) is 3.38. The fourth-order valence-electron chi connectivity index (χ4n) is 5.97. The predicted octanol–water partition coefficient (Wildman–Crippen LogP) is 3.22. The maximum Gasteiger partial charge on any atom is 0.343 e. The summed E-state index contributed by atoms with van der Waals surface area (Å²) in [5.74, 6) is 0.850. The molecule has 158 valence electrons. The van der Waals surface area contributed by atoms with Crippen LogP contribution in [0.2, 0.25) is 0 Å². The normalized spacial score (nSPS) is 25.6. The predicted molar refractivity (Wildman–Crippen MR) is 115 cm³/mol. The van der Waals surface area contributed by atoms with Crippen LogP contribution in [-0.4, -0.2) is 47.7 Å². The van der Waals surface area contributed by atoms with Crippen molar-refractivity contribution in [1.29, 1.82) is 0 Å². The number of imidazole rings is 1. The van der Waals surface area contributed by atoms with Crippen LogP contribution >= 0.6 is 0 Å². The van der Waals surface area contributed by atoms with Crippen LogP contribution in [0.1, 0.15) is 57.4 Å². The van der Waals surface area contributed by atoms with Crippen LogP contribution < -0.4 is 5.69 Å². The largest absolute Gasteiger partial charge is 0.343 e. The van der Waals surface area contributed by atoms with Gasteiger partial charge in [-0.3, -0.25) is 4.57 Å². The number of piperidine rings is 1. The lowest BCUT2D eigenvalue weighted by atomic mass is 9.76. The molecule has 1 aliphatic heterocycles. The zero-order valence-corrected chi connectivity index (χ0v) is 18.0. The molecule has 7 heteroatoms. The Hall–Kier alpha value is -1.60.